The van der Waals surface area contributed by atoms with E-state index in [9.17, 15) is 0 Å². The minimum absolute atomic E-state index is 0.350. The van der Waals surface area contributed by atoms with E-state index in [-0.39, 0.29) is 0 Å². The van der Waals surface area contributed by atoms with Gasteiger partial charge >= 0.3 is 0 Å². The van der Waals surface area contributed by atoms with Gasteiger partial charge in [-0.05, 0) is 12.3 Å². The molecule has 0 amide bonds. The zero-order chi connectivity index (χ0) is 21.3. The van der Waals surface area contributed by atoms with E-state index in [4.69, 9.17) is 14.2 Å². The summed E-state index contributed by atoms with van der Waals surface area (Å²) in [7, 11) is 5.20. The zero-order valence-corrected chi connectivity index (χ0v) is 18.8. The van der Waals surface area contributed by atoms with Crippen LogP contribution in [0.3, 0.4) is 0 Å². The summed E-state index contributed by atoms with van der Waals surface area (Å²) in [4.78, 5) is 9.26. The molecule has 2 saturated heterocycles. The molecule has 0 aliphatic carbocycles. The zero-order valence-electron chi connectivity index (χ0n) is 18.8. The third kappa shape index (κ3) is 6.40. The van der Waals surface area contributed by atoms with Gasteiger partial charge in [0.15, 0.2) is 5.96 Å². The SMILES string of the molecule is CN=C(NCC(C)CN1CCOCC1)NC1CCN(c2cc(OC)cc(OC)c2)C1. The lowest BCUT2D eigenvalue weighted by molar-refractivity contribution is 0.0320. The average Bonchev–Trinajstić information content (AvgIpc) is 3.25. The van der Waals surface area contributed by atoms with Crippen LogP contribution in [-0.4, -0.2) is 90.7 Å². The number of benzene rings is 1. The van der Waals surface area contributed by atoms with Crippen molar-refractivity contribution in [3.63, 3.8) is 0 Å². The van der Waals surface area contributed by atoms with Gasteiger partial charge in [-0.15, -0.1) is 0 Å². The molecule has 0 spiro atoms. The van der Waals surface area contributed by atoms with Crippen LogP contribution in [-0.2, 0) is 4.74 Å². The number of aliphatic imine (C=N–C) groups is 1. The van der Waals surface area contributed by atoms with Crippen LogP contribution in [0.2, 0.25) is 0 Å². The van der Waals surface area contributed by atoms with Gasteiger partial charge < -0.3 is 29.7 Å². The average molecular weight is 420 g/mol. The first-order chi connectivity index (χ1) is 14.6. The molecule has 0 radical (unpaired) electrons. The Bertz CT molecular complexity index is 671. The van der Waals surface area contributed by atoms with Crippen LogP contribution in [0.15, 0.2) is 23.2 Å². The van der Waals surface area contributed by atoms with Crippen LogP contribution in [0.5, 0.6) is 11.5 Å². The van der Waals surface area contributed by atoms with Gasteiger partial charge in [0.1, 0.15) is 11.5 Å². The molecule has 1 aromatic rings. The van der Waals surface area contributed by atoms with Crippen LogP contribution in [0.25, 0.3) is 0 Å². The number of hydrogen-bond acceptors (Lipinski definition) is 6. The highest BCUT2D eigenvalue weighted by molar-refractivity contribution is 5.80. The number of rotatable bonds is 8. The summed E-state index contributed by atoms with van der Waals surface area (Å²) in [5, 5.41) is 7.08. The summed E-state index contributed by atoms with van der Waals surface area (Å²) in [6.07, 6.45) is 1.06. The van der Waals surface area contributed by atoms with Crippen molar-refractivity contribution < 1.29 is 14.2 Å². The molecule has 2 aliphatic rings. The second-order valence-corrected chi connectivity index (χ2v) is 8.12. The molecule has 2 aliphatic heterocycles. The third-order valence-corrected chi connectivity index (χ3v) is 5.75. The molecule has 2 unspecified atom stereocenters. The predicted molar refractivity (Wildman–Crippen MR) is 121 cm³/mol. The third-order valence-electron chi connectivity index (χ3n) is 5.75. The van der Waals surface area contributed by atoms with Gasteiger partial charge in [-0.2, -0.15) is 0 Å². The van der Waals surface area contributed by atoms with Crippen LogP contribution in [0.1, 0.15) is 13.3 Å². The van der Waals surface area contributed by atoms with Gasteiger partial charge in [0.25, 0.3) is 0 Å². The molecule has 1 aromatic carbocycles. The van der Waals surface area contributed by atoms with Crippen molar-refractivity contribution in [2.45, 2.75) is 19.4 Å². The number of hydrogen-bond donors (Lipinski definition) is 2. The first-order valence-corrected chi connectivity index (χ1v) is 10.9. The molecule has 168 valence electrons. The Morgan fingerprint density at radius 2 is 1.87 bits per heavy atom. The predicted octanol–water partition coefficient (Wildman–Crippen LogP) is 1.42. The van der Waals surface area contributed by atoms with E-state index in [0.29, 0.717) is 12.0 Å². The fraction of sp³-hybridized carbons (Fsp3) is 0.682. The number of guanidine groups is 1. The van der Waals surface area contributed by atoms with E-state index in [0.717, 1.165) is 82.0 Å². The fourth-order valence-electron chi connectivity index (χ4n) is 4.04. The quantitative estimate of drug-likeness (QED) is 0.488. The van der Waals surface area contributed by atoms with E-state index in [1.54, 1.807) is 14.2 Å². The Kier molecular flexibility index (Phi) is 8.45. The number of morpholine rings is 1. The van der Waals surface area contributed by atoms with E-state index in [2.05, 4.69) is 44.5 Å². The van der Waals surface area contributed by atoms with E-state index in [1.807, 2.05) is 13.1 Å². The van der Waals surface area contributed by atoms with Gasteiger partial charge in [-0.3, -0.25) is 9.89 Å². The maximum Gasteiger partial charge on any atom is 0.191 e. The molecule has 2 heterocycles. The van der Waals surface area contributed by atoms with Crippen LogP contribution < -0.4 is 25.0 Å². The van der Waals surface area contributed by atoms with Gasteiger partial charge in [0.05, 0.1) is 27.4 Å². The molecular formula is C22H37N5O3. The first-order valence-electron chi connectivity index (χ1n) is 10.9. The van der Waals surface area contributed by atoms with Gasteiger partial charge in [0, 0.05) is 76.2 Å². The Balaban J connectivity index is 1.46. The van der Waals surface area contributed by atoms with Gasteiger partial charge in [0.2, 0.25) is 0 Å². The first kappa shape index (κ1) is 22.5. The van der Waals surface area contributed by atoms with Crippen molar-refractivity contribution in [2.24, 2.45) is 10.9 Å². The van der Waals surface area contributed by atoms with Crippen LogP contribution in [0, 0.1) is 5.92 Å². The van der Waals surface area contributed by atoms with E-state index >= 15 is 0 Å². The van der Waals surface area contributed by atoms with Crippen LogP contribution in [0.4, 0.5) is 5.69 Å². The van der Waals surface area contributed by atoms with Gasteiger partial charge in [-0.1, -0.05) is 6.92 Å². The van der Waals surface area contributed by atoms with E-state index < -0.39 is 0 Å². The topological polar surface area (TPSA) is 70.6 Å². The standard InChI is InChI=1S/C22H37N5O3/c1-17(15-26-7-9-30-10-8-26)14-24-22(23-2)25-18-5-6-27(16-18)19-11-20(28-3)13-21(12-19)29-4/h11-13,17-18H,5-10,14-16H2,1-4H3,(H2,23,24,25). The Hall–Kier alpha value is -2.19. The number of nitrogens with one attached hydrogen (secondary N) is 2. The highest BCUT2D eigenvalue weighted by atomic mass is 16.5. The molecule has 0 bridgehead atoms. The second kappa shape index (κ2) is 11.3. The molecule has 2 atom stereocenters. The van der Waals surface area contributed by atoms with Gasteiger partial charge in [-0.25, -0.2) is 0 Å². The number of nitrogens with zero attached hydrogens (tertiary/aromatic N) is 3. The molecular weight excluding hydrogens is 382 g/mol. The summed E-state index contributed by atoms with van der Waals surface area (Å²) in [5.41, 5.74) is 1.12. The highest BCUT2D eigenvalue weighted by Crippen LogP contribution is 2.30. The maximum absolute atomic E-state index is 5.43. The lowest BCUT2D eigenvalue weighted by Gasteiger charge is -2.29. The molecule has 8 heteroatoms. The summed E-state index contributed by atoms with van der Waals surface area (Å²) in [6, 6.07) is 6.37. The van der Waals surface area contributed by atoms with Crippen molar-refractivity contribution in [1.29, 1.82) is 0 Å². The van der Waals surface area contributed by atoms with Crippen LogP contribution >= 0.6 is 0 Å². The summed E-state index contributed by atoms with van der Waals surface area (Å²) in [5.74, 6) is 3.05. The monoisotopic (exact) mass is 419 g/mol. The van der Waals surface area contributed by atoms with Crippen molar-refractivity contribution in [2.75, 3.05) is 78.6 Å². The fourth-order valence-corrected chi connectivity index (χ4v) is 4.04. The summed E-state index contributed by atoms with van der Waals surface area (Å²) < 4.78 is 16.3. The Labute approximate surface area is 180 Å². The molecule has 2 N–H and O–H groups in total. The molecule has 30 heavy (non-hydrogen) atoms. The maximum atomic E-state index is 5.43. The van der Waals surface area contributed by atoms with Crippen molar-refractivity contribution in [3.8, 4) is 11.5 Å². The number of anilines is 1. The molecule has 3 rings (SSSR count). The number of ether oxygens (including phenoxy) is 3. The van der Waals surface area contributed by atoms with E-state index in [1.165, 1.54) is 0 Å². The highest BCUT2D eigenvalue weighted by Gasteiger charge is 2.24. The molecule has 8 nitrogen and oxygen atoms in total. The molecule has 0 aromatic heterocycles. The largest absolute Gasteiger partial charge is 0.497 e. The van der Waals surface area contributed by atoms with Crippen molar-refractivity contribution in [3.05, 3.63) is 18.2 Å². The second-order valence-electron chi connectivity index (χ2n) is 8.12. The van der Waals surface area contributed by atoms with Crippen molar-refractivity contribution in [1.82, 2.24) is 15.5 Å². The lowest BCUT2D eigenvalue weighted by atomic mass is 10.1. The van der Waals surface area contributed by atoms with Crippen molar-refractivity contribution >= 4 is 11.6 Å². The normalized spacial score (nSPS) is 21.4. The smallest absolute Gasteiger partial charge is 0.191 e. The number of methoxy groups -OCH3 is 2. The molecule has 0 saturated carbocycles. The minimum Gasteiger partial charge on any atom is -0.497 e. The minimum atomic E-state index is 0.350. The Morgan fingerprint density at radius 1 is 1.17 bits per heavy atom. The Morgan fingerprint density at radius 3 is 2.50 bits per heavy atom. The lowest BCUT2D eigenvalue weighted by Crippen LogP contribution is -2.47. The summed E-state index contributed by atoms with van der Waals surface area (Å²) in [6.45, 7) is 9.93. The molecule has 2 fully saturated rings. The summed E-state index contributed by atoms with van der Waals surface area (Å²) >= 11 is 0.